The van der Waals surface area contributed by atoms with Crippen molar-refractivity contribution in [2.45, 2.75) is 0 Å². The van der Waals surface area contributed by atoms with Crippen LogP contribution in [0.3, 0.4) is 0 Å². The number of ether oxygens (including phenoxy) is 2. The van der Waals surface area contributed by atoms with E-state index in [1.807, 2.05) is 0 Å². The number of carbonyl (C=O) groups excluding carboxylic acids is 2. The second-order valence-corrected chi connectivity index (χ2v) is 7.16. The monoisotopic (exact) mass is 427 g/mol. The lowest BCUT2D eigenvalue weighted by Crippen LogP contribution is -2.18. The van der Waals surface area contributed by atoms with Crippen LogP contribution in [0.5, 0.6) is 11.5 Å². The smallest absolute Gasteiger partial charge is 0.255 e. The van der Waals surface area contributed by atoms with Crippen LogP contribution in [0.15, 0.2) is 60.7 Å². The molecule has 1 N–H and O–H groups in total. The predicted octanol–water partition coefficient (Wildman–Crippen LogP) is 5.25. The fraction of sp³-hybridized carbons (Fsp3) is 0.0909. The molecule has 0 aromatic heterocycles. The summed E-state index contributed by atoms with van der Waals surface area (Å²) in [6, 6.07) is 16.3. The second kappa shape index (κ2) is 8.15. The van der Waals surface area contributed by atoms with Gasteiger partial charge in [0.1, 0.15) is 13.2 Å². The Labute approximate surface area is 177 Å². The minimum Gasteiger partial charge on any atom is -0.486 e. The van der Waals surface area contributed by atoms with Gasteiger partial charge in [0.25, 0.3) is 5.91 Å². The standard InChI is InChI=1S/C22H15Cl2NO4/c23-14-6-7-18(16(12-14)21(26)15-3-1-2-4-17(15)24)25-22(27)13-5-8-19-20(11-13)29-10-9-28-19/h1-8,11-12H,9-10H2,(H,25,27). The highest BCUT2D eigenvalue weighted by molar-refractivity contribution is 6.36. The van der Waals surface area contributed by atoms with Gasteiger partial charge in [-0.3, -0.25) is 9.59 Å². The van der Waals surface area contributed by atoms with Gasteiger partial charge in [-0.15, -0.1) is 0 Å². The van der Waals surface area contributed by atoms with Gasteiger partial charge in [0, 0.05) is 21.7 Å². The molecule has 0 bridgehead atoms. The molecule has 0 fully saturated rings. The number of nitrogens with one attached hydrogen (secondary N) is 1. The Morgan fingerprint density at radius 2 is 1.59 bits per heavy atom. The minimum absolute atomic E-state index is 0.247. The molecular weight excluding hydrogens is 413 g/mol. The van der Waals surface area contributed by atoms with Crippen molar-refractivity contribution in [1.29, 1.82) is 0 Å². The topological polar surface area (TPSA) is 64.6 Å². The molecule has 0 aliphatic carbocycles. The largest absolute Gasteiger partial charge is 0.486 e. The van der Waals surface area contributed by atoms with Crippen molar-refractivity contribution >= 4 is 40.6 Å². The molecule has 1 aliphatic rings. The van der Waals surface area contributed by atoms with E-state index >= 15 is 0 Å². The SMILES string of the molecule is O=C(Nc1ccc(Cl)cc1C(=O)c1ccccc1Cl)c1ccc2c(c1)OCCO2. The number of carbonyl (C=O) groups is 2. The zero-order valence-electron chi connectivity index (χ0n) is 15.1. The van der Waals surface area contributed by atoms with Crippen molar-refractivity contribution in [2.24, 2.45) is 0 Å². The maximum absolute atomic E-state index is 13.0. The summed E-state index contributed by atoms with van der Waals surface area (Å²) in [6.45, 7) is 0.891. The van der Waals surface area contributed by atoms with Gasteiger partial charge in [-0.2, -0.15) is 0 Å². The molecule has 0 unspecified atom stereocenters. The van der Waals surface area contributed by atoms with Crippen molar-refractivity contribution in [3.05, 3.63) is 87.4 Å². The van der Waals surface area contributed by atoms with Gasteiger partial charge in [-0.1, -0.05) is 35.3 Å². The Hall–Kier alpha value is -3.02. The number of fused-ring (bicyclic) bond motifs is 1. The molecule has 7 heteroatoms. The average Bonchev–Trinajstić information content (AvgIpc) is 2.74. The summed E-state index contributed by atoms with van der Waals surface area (Å²) in [4.78, 5) is 25.8. The van der Waals surface area contributed by atoms with Gasteiger partial charge in [0.2, 0.25) is 0 Å². The molecule has 1 amide bonds. The molecule has 1 aliphatic heterocycles. The van der Waals surface area contributed by atoms with Crippen molar-refractivity contribution in [2.75, 3.05) is 18.5 Å². The Kier molecular flexibility index (Phi) is 5.43. The molecule has 3 aromatic carbocycles. The molecule has 3 aromatic rings. The van der Waals surface area contributed by atoms with Crippen LogP contribution < -0.4 is 14.8 Å². The molecular formula is C22H15Cl2NO4. The maximum Gasteiger partial charge on any atom is 0.255 e. The molecule has 146 valence electrons. The maximum atomic E-state index is 13.0. The van der Waals surface area contributed by atoms with Crippen LogP contribution in [0.25, 0.3) is 0 Å². The summed E-state index contributed by atoms with van der Waals surface area (Å²) in [5.41, 5.74) is 1.28. The fourth-order valence-corrected chi connectivity index (χ4v) is 3.38. The Morgan fingerprint density at radius 3 is 2.38 bits per heavy atom. The summed E-state index contributed by atoms with van der Waals surface area (Å²) in [7, 11) is 0. The first-order valence-corrected chi connectivity index (χ1v) is 9.58. The first kappa shape index (κ1) is 19.3. The molecule has 0 saturated carbocycles. The second-order valence-electron chi connectivity index (χ2n) is 6.31. The minimum atomic E-state index is -0.391. The molecule has 0 radical (unpaired) electrons. The zero-order valence-corrected chi connectivity index (χ0v) is 16.6. The Balaban J connectivity index is 1.65. The number of ketones is 1. The average molecular weight is 428 g/mol. The summed E-state index contributed by atoms with van der Waals surface area (Å²) in [6.07, 6.45) is 0. The van der Waals surface area contributed by atoms with Crippen LogP contribution in [0.2, 0.25) is 10.0 Å². The zero-order chi connectivity index (χ0) is 20.4. The lowest BCUT2D eigenvalue weighted by molar-refractivity contribution is 0.102. The van der Waals surface area contributed by atoms with Crippen molar-refractivity contribution in [3.63, 3.8) is 0 Å². The highest BCUT2D eigenvalue weighted by Crippen LogP contribution is 2.32. The van der Waals surface area contributed by atoms with Crippen molar-refractivity contribution in [1.82, 2.24) is 0 Å². The Morgan fingerprint density at radius 1 is 0.828 bits per heavy atom. The normalized spacial score (nSPS) is 12.3. The number of anilines is 1. The van der Waals surface area contributed by atoms with E-state index in [1.165, 1.54) is 6.07 Å². The third-order valence-electron chi connectivity index (χ3n) is 4.40. The summed E-state index contributed by atoms with van der Waals surface area (Å²) < 4.78 is 11.0. The van der Waals surface area contributed by atoms with Crippen molar-refractivity contribution < 1.29 is 19.1 Å². The number of hydrogen-bond donors (Lipinski definition) is 1. The van der Waals surface area contributed by atoms with E-state index in [2.05, 4.69) is 5.32 Å². The highest BCUT2D eigenvalue weighted by Gasteiger charge is 2.20. The third kappa shape index (κ3) is 4.06. The van der Waals surface area contributed by atoms with Crippen LogP contribution in [-0.4, -0.2) is 24.9 Å². The van der Waals surface area contributed by atoms with E-state index in [0.717, 1.165) is 0 Å². The molecule has 29 heavy (non-hydrogen) atoms. The quantitative estimate of drug-likeness (QED) is 0.577. The van der Waals surface area contributed by atoms with Crippen molar-refractivity contribution in [3.8, 4) is 11.5 Å². The summed E-state index contributed by atoms with van der Waals surface area (Å²) >= 11 is 12.3. The Bertz CT molecular complexity index is 1110. The van der Waals surface area contributed by atoms with Gasteiger partial charge >= 0.3 is 0 Å². The molecule has 5 nitrogen and oxygen atoms in total. The van der Waals surface area contributed by atoms with Gasteiger partial charge < -0.3 is 14.8 Å². The molecule has 0 spiro atoms. The van der Waals surface area contributed by atoms with E-state index in [0.29, 0.717) is 51.6 Å². The summed E-state index contributed by atoms with van der Waals surface area (Å²) in [5, 5.41) is 3.47. The number of halogens is 2. The van der Waals surface area contributed by atoms with E-state index in [1.54, 1.807) is 54.6 Å². The summed E-state index contributed by atoms with van der Waals surface area (Å²) in [5.74, 6) is 0.370. The lowest BCUT2D eigenvalue weighted by Gasteiger charge is -2.19. The van der Waals surface area contributed by atoms with Gasteiger partial charge in [-0.05, 0) is 48.5 Å². The molecule has 0 saturated heterocycles. The molecule has 0 atom stereocenters. The van der Waals surface area contributed by atoms with Crippen LogP contribution in [0.4, 0.5) is 5.69 Å². The van der Waals surface area contributed by atoms with Crippen LogP contribution in [0, 0.1) is 0 Å². The lowest BCUT2D eigenvalue weighted by atomic mass is 10.0. The van der Waals surface area contributed by atoms with E-state index in [4.69, 9.17) is 32.7 Å². The number of hydrogen-bond acceptors (Lipinski definition) is 4. The molecule has 4 rings (SSSR count). The van der Waals surface area contributed by atoms with E-state index < -0.39 is 5.91 Å². The molecule has 1 heterocycles. The van der Waals surface area contributed by atoms with E-state index in [9.17, 15) is 9.59 Å². The van der Waals surface area contributed by atoms with Crippen LogP contribution in [0.1, 0.15) is 26.3 Å². The predicted molar refractivity (Wildman–Crippen MR) is 112 cm³/mol. The first-order chi connectivity index (χ1) is 14.0. The number of benzene rings is 3. The van der Waals surface area contributed by atoms with Crippen LogP contribution >= 0.6 is 23.2 Å². The number of rotatable bonds is 4. The van der Waals surface area contributed by atoms with Crippen LogP contribution in [-0.2, 0) is 0 Å². The van der Waals surface area contributed by atoms with Gasteiger partial charge in [0.15, 0.2) is 17.3 Å². The first-order valence-electron chi connectivity index (χ1n) is 8.83. The fourth-order valence-electron chi connectivity index (χ4n) is 2.98. The van der Waals surface area contributed by atoms with Gasteiger partial charge in [-0.25, -0.2) is 0 Å². The number of amides is 1. The highest BCUT2D eigenvalue weighted by atomic mass is 35.5. The van der Waals surface area contributed by atoms with Gasteiger partial charge in [0.05, 0.1) is 10.7 Å². The third-order valence-corrected chi connectivity index (χ3v) is 4.96. The van der Waals surface area contributed by atoms with E-state index in [-0.39, 0.29) is 11.3 Å².